The van der Waals surface area contributed by atoms with Crippen molar-refractivity contribution in [2.24, 2.45) is 11.1 Å². The van der Waals surface area contributed by atoms with Crippen LogP contribution < -0.4 is 5.73 Å². The number of hydrogen-bond donors (Lipinski definition) is 1. The Balaban J connectivity index is 2.26. The molecule has 0 aromatic carbocycles. The lowest BCUT2D eigenvalue weighted by Gasteiger charge is -2.35. The third-order valence-electron chi connectivity index (χ3n) is 4.85. The Kier molecular flexibility index (Phi) is 4.63. The first kappa shape index (κ1) is 15.6. The molecule has 0 fully saturated rings. The van der Waals surface area contributed by atoms with Crippen LogP contribution in [0.4, 0.5) is 0 Å². The van der Waals surface area contributed by atoms with Crippen LogP contribution in [0, 0.1) is 12.3 Å². The van der Waals surface area contributed by atoms with Gasteiger partial charge in [0.25, 0.3) is 0 Å². The first-order valence-electron chi connectivity index (χ1n) is 8.32. The molecule has 0 saturated heterocycles. The summed E-state index contributed by atoms with van der Waals surface area (Å²) in [6.45, 7) is 11.6. The molecule has 1 aliphatic rings. The first-order valence-corrected chi connectivity index (χ1v) is 8.32. The molecule has 1 heterocycles. The predicted molar refractivity (Wildman–Crippen MR) is 87.1 cm³/mol. The fourth-order valence-corrected chi connectivity index (χ4v) is 3.90. The van der Waals surface area contributed by atoms with E-state index < -0.39 is 0 Å². The molecule has 114 valence electrons. The lowest BCUT2D eigenvalue weighted by atomic mass is 9.74. The minimum absolute atomic E-state index is 0.219. The van der Waals surface area contributed by atoms with Gasteiger partial charge in [-0.1, -0.05) is 40.0 Å². The second-order valence-corrected chi connectivity index (χ2v) is 7.55. The molecule has 2 unspecified atom stereocenters. The van der Waals surface area contributed by atoms with Crippen LogP contribution in [0.3, 0.4) is 0 Å². The van der Waals surface area contributed by atoms with Crippen LogP contribution in [-0.2, 0) is 6.42 Å². The molecule has 2 nitrogen and oxygen atoms in total. The molecule has 0 bridgehead atoms. The van der Waals surface area contributed by atoms with Crippen molar-refractivity contribution in [3.8, 4) is 0 Å². The van der Waals surface area contributed by atoms with Crippen molar-refractivity contribution >= 4 is 0 Å². The summed E-state index contributed by atoms with van der Waals surface area (Å²) < 4.78 is 2.58. The fourth-order valence-electron chi connectivity index (χ4n) is 3.90. The van der Waals surface area contributed by atoms with Crippen molar-refractivity contribution in [1.82, 2.24) is 4.57 Å². The Bertz CT molecular complexity index is 456. The van der Waals surface area contributed by atoms with Crippen molar-refractivity contribution in [2.75, 3.05) is 0 Å². The highest BCUT2D eigenvalue weighted by atomic mass is 15.0. The van der Waals surface area contributed by atoms with E-state index in [1.54, 1.807) is 0 Å². The Morgan fingerprint density at radius 3 is 2.75 bits per heavy atom. The van der Waals surface area contributed by atoms with E-state index in [0.29, 0.717) is 11.5 Å². The number of rotatable bonds is 5. The third kappa shape index (κ3) is 3.11. The van der Waals surface area contributed by atoms with Gasteiger partial charge in [-0.15, -0.1) is 0 Å². The van der Waals surface area contributed by atoms with Crippen molar-refractivity contribution < 1.29 is 0 Å². The van der Waals surface area contributed by atoms with Crippen LogP contribution in [0.5, 0.6) is 0 Å². The molecule has 0 aliphatic heterocycles. The molecule has 2 N–H and O–H groups in total. The van der Waals surface area contributed by atoms with Gasteiger partial charge in [0.1, 0.15) is 0 Å². The maximum atomic E-state index is 6.41. The Morgan fingerprint density at radius 2 is 2.10 bits per heavy atom. The molecule has 20 heavy (non-hydrogen) atoms. The summed E-state index contributed by atoms with van der Waals surface area (Å²) in [7, 11) is 0. The molecule has 0 amide bonds. The van der Waals surface area contributed by atoms with Gasteiger partial charge in [-0.2, -0.15) is 0 Å². The van der Waals surface area contributed by atoms with Gasteiger partial charge in [0.15, 0.2) is 0 Å². The van der Waals surface area contributed by atoms with Crippen LogP contribution >= 0.6 is 0 Å². The standard InChI is InChI=1S/C18H32N2/c1-6-7-8-9-13(2)20-14(3)10-15-16(19)11-18(4,5)12-17(15)20/h10,13,16H,6-9,11-12,19H2,1-5H3. The molecule has 2 heteroatoms. The van der Waals surface area contributed by atoms with Crippen molar-refractivity contribution in [3.05, 3.63) is 23.0 Å². The maximum Gasteiger partial charge on any atom is 0.0318 e. The maximum absolute atomic E-state index is 6.41. The van der Waals surface area contributed by atoms with Gasteiger partial charge in [0.05, 0.1) is 0 Å². The van der Waals surface area contributed by atoms with Crippen LogP contribution in [0.2, 0.25) is 0 Å². The second-order valence-electron chi connectivity index (χ2n) is 7.55. The van der Waals surface area contributed by atoms with E-state index in [-0.39, 0.29) is 6.04 Å². The summed E-state index contributed by atoms with van der Waals surface area (Å²) in [5, 5.41) is 0. The average Bonchev–Trinajstić information content (AvgIpc) is 2.64. The summed E-state index contributed by atoms with van der Waals surface area (Å²) in [6, 6.07) is 3.16. The zero-order valence-electron chi connectivity index (χ0n) is 14.0. The molecule has 2 rings (SSSR count). The van der Waals surface area contributed by atoms with E-state index in [1.165, 1.54) is 49.1 Å². The SMILES string of the molecule is CCCCCC(C)n1c(C)cc2c1CC(C)(C)CC2N. The number of unbranched alkanes of at least 4 members (excludes halogenated alkanes) is 2. The molecule has 2 atom stereocenters. The number of aromatic nitrogens is 1. The van der Waals surface area contributed by atoms with Crippen LogP contribution in [0.25, 0.3) is 0 Å². The Morgan fingerprint density at radius 1 is 1.40 bits per heavy atom. The number of nitrogens with zero attached hydrogens (tertiary/aromatic N) is 1. The number of nitrogens with two attached hydrogens (primary N) is 1. The zero-order valence-corrected chi connectivity index (χ0v) is 14.0. The monoisotopic (exact) mass is 276 g/mol. The van der Waals surface area contributed by atoms with Gasteiger partial charge in [-0.3, -0.25) is 0 Å². The molecule has 0 saturated carbocycles. The van der Waals surface area contributed by atoms with Crippen molar-refractivity contribution in [2.45, 2.75) is 85.2 Å². The predicted octanol–water partition coefficient (Wildman–Crippen LogP) is 4.91. The lowest BCUT2D eigenvalue weighted by Crippen LogP contribution is -2.31. The number of hydrogen-bond acceptors (Lipinski definition) is 1. The van der Waals surface area contributed by atoms with Gasteiger partial charge in [-0.05, 0) is 50.2 Å². The number of aryl methyl sites for hydroxylation is 1. The molecular formula is C18H32N2. The summed E-state index contributed by atoms with van der Waals surface area (Å²) in [6.07, 6.45) is 7.53. The van der Waals surface area contributed by atoms with Crippen LogP contribution in [0.15, 0.2) is 6.07 Å². The van der Waals surface area contributed by atoms with Gasteiger partial charge in [0.2, 0.25) is 0 Å². The molecule has 0 radical (unpaired) electrons. The third-order valence-corrected chi connectivity index (χ3v) is 4.85. The van der Waals surface area contributed by atoms with E-state index in [4.69, 9.17) is 5.73 Å². The minimum atomic E-state index is 0.219. The van der Waals surface area contributed by atoms with Gasteiger partial charge in [-0.25, -0.2) is 0 Å². The van der Waals surface area contributed by atoms with E-state index in [0.717, 1.165) is 6.42 Å². The summed E-state index contributed by atoms with van der Waals surface area (Å²) in [5.41, 5.74) is 11.1. The topological polar surface area (TPSA) is 30.9 Å². The van der Waals surface area contributed by atoms with Crippen molar-refractivity contribution in [3.63, 3.8) is 0 Å². The second kappa shape index (κ2) is 5.93. The van der Waals surface area contributed by atoms with Gasteiger partial charge in [0, 0.05) is 23.5 Å². The van der Waals surface area contributed by atoms with Gasteiger partial charge < -0.3 is 10.3 Å². The fraction of sp³-hybridized carbons (Fsp3) is 0.778. The van der Waals surface area contributed by atoms with Crippen molar-refractivity contribution in [1.29, 1.82) is 0 Å². The summed E-state index contributed by atoms with van der Waals surface area (Å²) in [5.74, 6) is 0. The van der Waals surface area contributed by atoms with E-state index in [1.807, 2.05) is 0 Å². The van der Waals surface area contributed by atoms with Gasteiger partial charge >= 0.3 is 0 Å². The highest BCUT2D eigenvalue weighted by Gasteiger charge is 2.33. The van der Waals surface area contributed by atoms with E-state index >= 15 is 0 Å². The first-order chi connectivity index (χ1) is 9.35. The Hall–Kier alpha value is -0.760. The highest BCUT2D eigenvalue weighted by Crippen LogP contribution is 2.42. The summed E-state index contributed by atoms with van der Waals surface area (Å²) in [4.78, 5) is 0. The largest absolute Gasteiger partial charge is 0.346 e. The van der Waals surface area contributed by atoms with E-state index in [2.05, 4.69) is 45.3 Å². The zero-order chi connectivity index (χ0) is 14.9. The minimum Gasteiger partial charge on any atom is -0.346 e. The quantitative estimate of drug-likeness (QED) is 0.761. The molecule has 0 spiro atoms. The highest BCUT2D eigenvalue weighted by molar-refractivity contribution is 5.34. The molecule has 1 aliphatic carbocycles. The molecule has 1 aromatic rings. The Labute approximate surface area is 124 Å². The summed E-state index contributed by atoms with van der Waals surface area (Å²) >= 11 is 0. The average molecular weight is 276 g/mol. The smallest absolute Gasteiger partial charge is 0.0318 e. The van der Waals surface area contributed by atoms with Crippen LogP contribution in [0.1, 0.15) is 88.8 Å². The van der Waals surface area contributed by atoms with Crippen LogP contribution in [-0.4, -0.2) is 4.57 Å². The molecular weight excluding hydrogens is 244 g/mol. The lowest BCUT2D eigenvalue weighted by molar-refractivity contribution is 0.271. The molecule has 1 aromatic heterocycles. The number of fused-ring (bicyclic) bond motifs is 1. The van der Waals surface area contributed by atoms with E-state index in [9.17, 15) is 0 Å². The normalized spacial score (nSPS) is 22.6.